The third-order valence-electron chi connectivity index (χ3n) is 2.81. The van der Waals surface area contributed by atoms with Crippen molar-refractivity contribution < 1.29 is 9.59 Å². The van der Waals surface area contributed by atoms with E-state index < -0.39 is 0 Å². The summed E-state index contributed by atoms with van der Waals surface area (Å²) in [5, 5.41) is 5.44. The van der Waals surface area contributed by atoms with Crippen molar-refractivity contribution in [1.82, 2.24) is 20.1 Å². The van der Waals surface area contributed by atoms with Crippen molar-refractivity contribution >= 4 is 11.8 Å². The summed E-state index contributed by atoms with van der Waals surface area (Å²) in [7, 11) is 5.52. The summed E-state index contributed by atoms with van der Waals surface area (Å²) < 4.78 is 1.68. The number of rotatable bonds is 7. The number of carbonyl (C=O) groups excluding carboxylic acids is 2. The van der Waals surface area contributed by atoms with Crippen LogP contribution in [0.5, 0.6) is 0 Å². The number of aryl methyl sites for hydroxylation is 1. The molecule has 0 saturated carbocycles. The monoisotopic (exact) mass is 266 g/mol. The highest BCUT2D eigenvalue weighted by Gasteiger charge is 2.13. The first-order valence-corrected chi connectivity index (χ1v) is 6.33. The van der Waals surface area contributed by atoms with E-state index in [4.69, 9.17) is 0 Å². The number of carbonyl (C=O) groups is 2. The minimum atomic E-state index is -0.360. The van der Waals surface area contributed by atoms with Crippen molar-refractivity contribution in [2.45, 2.75) is 6.42 Å². The second kappa shape index (κ2) is 7.70. The zero-order valence-corrected chi connectivity index (χ0v) is 11.8. The lowest BCUT2D eigenvalue weighted by Gasteiger charge is -2.15. The van der Waals surface area contributed by atoms with Gasteiger partial charge in [-0.2, -0.15) is 0 Å². The van der Waals surface area contributed by atoms with Crippen LogP contribution in [-0.2, 0) is 11.8 Å². The number of likely N-dealkylation sites (N-methyl/N-ethyl adjacent to an activating group) is 1. The standard InChI is InChI=1S/C13H22N4O2/c1-14-7-5-8-16(2)10-12(18)15-13(19)11-6-4-9-17(11)3/h4,6,9,14H,5,7-8,10H2,1-3H3,(H,15,18,19). The lowest BCUT2D eigenvalue weighted by atomic mass is 10.3. The van der Waals surface area contributed by atoms with Crippen LogP contribution in [0.25, 0.3) is 0 Å². The molecular weight excluding hydrogens is 244 g/mol. The Kier molecular flexibility index (Phi) is 6.24. The third kappa shape index (κ3) is 5.23. The fourth-order valence-corrected chi connectivity index (χ4v) is 1.78. The molecule has 2 N–H and O–H groups in total. The van der Waals surface area contributed by atoms with Gasteiger partial charge in [0.25, 0.3) is 5.91 Å². The molecule has 0 bridgehead atoms. The summed E-state index contributed by atoms with van der Waals surface area (Å²) in [6, 6.07) is 3.45. The van der Waals surface area contributed by atoms with Gasteiger partial charge in [-0.3, -0.25) is 19.8 Å². The minimum absolute atomic E-state index is 0.222. The summed E-state index contributed by atoms with van der Waals surface area (Å²) in [6.07, 6.45) is 2.73. The van der Waals surface area contributed by atoms with Gasteiger partial charge in [0.1, 0.15) is 5.69 Å². The number of imide groups is 1. The first kappa shape index (κ1) is 15.4. The quantitative estimate of drug-likeness (QED) is 0.672. The van der Waals surface area contributed by atoms with Gasteiger partial charge in [0.2, 0.25) is 5.91 Å². The van der Waals surface area contributed by atoms with Crippen LogP contribution >= 0.6 is 0 Å². The molecule has 0 aliphatic heterocycles. The molecule has 6 nitrogen and oxygen atoms in total. The summed E-state index contributed by atoms with van der Waals surface area (Å²) in [4.78, 5) is 25.4. The van der Waals surface area contributed by atoms with E-state index in [1.165, 1.54) is 0 Å². The second-order valence-corrected chi connectivity index (χ2v) is 4.58. The molecule has 0 unspecified atom stereocenters. The Balaban J connectivity index is 2.35. The van der Waals surface area contributed by atoms with E-state index in [1.54, 1.807) is 29.9 Å². The fourth-order valence-electron chi connectivity index (χ4n) is 1.78. The Labute approximate surface area is 113 Å². The molecule has 0 spiro atoms. The van der Waals surface area contributed by atoms with Gasteiger partial charge in [-0.15, -0.1) is 0 Å². The summed E-state index contributed by atoms with van der Waals surface area (Å²) >= 11 is 0. The highest BCUT2D eigenvalue weighted by molar-refractivity contribution is 6.04. The molecule has 1 aromatic heterocycles. The van der Waals surface area contributed by atoms with Crippen LogP contribution < -0.4 is 10.6 Å². The normalized spacial score (nSPS) is 10.7. The van der Waals surface area contributed by atoms with Gasteiger partial charge >= 0.3 is 0 Å². The molecule has 0 aliphatic rings. The molecule has 2 amide bonds. The predicted molar refractivity (Wildman–Crippen MR) is 73.9 cm³/mol. The van der Waals surface area contributed by atoms with Crippen LogP contribution in [0.1, 0.15) is 16.9 Å². The van der Waals surface area contributed by atoms with E-state index in [0.29, 0.717) is 5.69 Å². The lowest BCUT2D eigenvalue weighted by molar-refractivity contribution is -0.121. The number of nitrogens with zero attached hydrogens (tertiary/aromatic N) is 2. The maximum Gasteiger partial charge on any atom is 0.274 e. The van der Waals surface area contributed by atoms with Gasteiger partial charge in [-0.25, -0.2) is 0 Å². The van der Waals surface area contributed by atoms with Gasteiger partial charge in [0.15, 0.2) is 0 Å². The average molecular weight is 266 g/mol. The Morgan fingerprint density at radius 3 is 2.74 bits per heavy atom. The molecule has 106 valence electrons. The maximum absolute atomic E-state index is 11.8. The van der Waals surface area contributed by atoms with Crippen LogP contribution in [0.3, 0.4) is 0 Å². The van der Waals surface area contributed by atoms with Crippen LogP contribution in [0, 0.1) is 0 Å². The van der Waals surface area contributed by atoms with E-state index in [9.17, 15) is 9.59 Å². The van der Waals surface area contributed by atoms with Crippen molar-refractivity contribution in [3.05, 3.63) is 24.0 Å². The van der Waals surface area contributed by atoms with Crippen LogP contribution in [0.2, 0.25) is 0 Å². The van der Waals surface area contributed by atoms with Crippen molar-refractivity contribution in [2.24, 2.45) is 7.05 Å². The van der Waals surface area contributed by atoms with Gasteiger partial charge in [0.05, 0.1) is 6.54 Å². The zero-order chi connectivity index (χ0) is 14.3. The molecule has 6 heteroatoms. The Bertz CT molecular complexity index is 428. The first-order chi connectivity index (χ1) is 9.04. The first-order valence-electron chi connectivity index (χ1n) is 6.33. The number of aromatic nitrogens is 1. The molecule has 0 radical (unpaired) electrons. The molecule has 0 saturated heterocycles. The second-order valence-electron chi connectivity index (χ2n) is 4.58. The van der Waals surface area contributed by atoms with E-state index in [-0.39, 0.29) is 18.4 Å². The number of hydrogen-bond donors (Lipinski definition) is 2. The van der Waals surface area contributed by atoms with Gasteiger partial charge in [-0.05, 0) is 45.7 Å². The lowest BCUT2D eigenvalue weighted by Crippen LogP contribution is -2.39. The van der Waals surface area contributed by atoms with Crippen molar-refractivity contribution in [2.75, 3.05) is 33.7 Å². The highest BCUT2D eigenvalue weighted by atomic mass is 16.2. The molecule has 1 aromatic rings. The molecule has 1 rings (SSSR count). The van der Waals surface area contributed by atoms with Gasteiger partial charge < -0.3 is 9.88 Å². The van der Waals surface area contributed by atoms with Gasteiger partial charge in [-0.1, -0.05) is 0 Å². The highest BCUT2D eigenvalue weighted by Crippen LogP contribution is 1.98. The van der Waals surface area contributed by atoms with Crippen LogP contribution in [0.15, 0.2) is 18.3 Å². The summed E-state index contributed by atoms with van der Waals surface area (Å²) in [5.74, 6) is -0.640. The van der Waals surface area contributed by atoms with E-state index in [2.05, 4.69) is 10.6 Å². The number of nitrogens with one attached hydrogen (secondary N) is 2. The summed E-state index contributed by atoms with van der Waals surface area (Å²) in [5.41, 5.74) is 0.478. The molecule has 0 aliphatic carbocycles. The summed E-state index contributed by atoms with van der Waals surface area (Å²) in [6.45, 7) is 1.95. The topological polar surface area (TPSA) is 66.4 Å². The molecule has 0 atom stereocenters. The van der Waals surface area contributed by atoms with E-state index >= 15 is 0 Å². The van der Waals surface area contributed by atoms with Crippen molar-refractivity contribution in [3.8, 4) is 0 Å². The van der Waals surface area contributed by atoms with Gasteiger partial charge in [0, 0.05) is 13.2 Å². The third-order valence-corrected chi connectivity index (χ3v) is 2.81. The smallest absolute Gasteiger partial charge is 0.274 e. The van der Waals surface area contributed by atoms with Crippen LogP contribution in [0.4, 0.5) is 0 Å². The van der Waals surface area contributed by atoms with Crippen molar-refractivity contribution in [1.29, 1.82) is 0 Å². The fraction of sp³-hybridized carbons (Fsp3) is 0.538. The largest absolute Gasteiger partial charge is 0.347 e. The SMILES string of the molecule is CNCCCN(C)CC(=O)NC(=O)c1cccn1C. The van der Waals surface area contributed by atoms with E-state index in [0.717, 1.165) is 19.5 Å². The molecule has 0 fully saturated rings. The molecule has 1 heterocycles. The Morgan fingerprint density at radius 1 is 1.42 bits per heavy atom. The number of hydrogen-bond acceptors (Lipinski definition) is 4. The Hall–Kier alpha value is -1.66. The minimum Gasteiger partial charge on any atom is -0.347 e. The van der Waals surface area contributed by atoms with E-state index in [1.807, 2.05) is 19.0 Å². The molecular formula is C13H22N4O2. The Morgan fingerprint density at radius 2 is 2.16 bits per heavy atom. The zero-order valence-electron chi connectivity index (χ0n) is 11.8. The average Bonchev–Trinajstić information content (AvgIpc) is 2.75. The molecule has 19 heavy (non-hydrogen) atoms. The van der Waals surface area contributed by atoms with Crippen LogP contribution in [-0.4, -0.2) is 55.0 Å². The van der Waals surface area contributed by atoms with Crippen molar-refractivity contribution in [3.63, 3.8) is 0 Å². The maximum atomic E-state index is 11.8. The molecule has 0 aromatic carbocycles. The predicted octanol–water partition coefficient (Wildman–Crippen LogP) is -0.177. The number of amides is 2.